The molecule has 0 bridgehead atoms. The van der Waals surface area contributed by atoms with Crippen molar-refractivity contribution in [3.63, 3.8) is 0 Å². The molecule has 3 rings (SSSR count). The molecular formula is C33H46N4O7Si. The summed E-state index contributed by atoms with van der Waals surface area (Å²) in [6, 6.07) is 14.7. The number of hydrogen-bond donors (Lipinski definition) is 4. The first kappa shape index (κ1) is 35.3. The van der Waals surface area contributed by atoms with Gasteiger partial charge in [0.25, 0.3) is 0 Å². The number of amides is 4. The average Bonchev–Trinajstić information content (AvgIpc) is 3.32. The molecule has 0 spiro atoms. The van der Waals surface area contributed by atoms with Crippen LogP contribution in [0.3, 0.4) is 0 Å². The number of nitrogens with one attached hydrogen (secondary N) is 4. The Bertz CT molecular complexity index is 1320. The average molecular weight is 639 g/mol. The number of hydrogen-bond acceptors (Lipinski definition) is 7. The van der Waals surface area contributed by atoms with E-state index in [9.17, 15) is 24.0 Å². The summed E-state index contributed by atoms with van der Waals surface area (Å²) in [5, 5.41) is 10.3. The van der Waals surface area contributed by atoms with E-state index in [1.807, 2.05) is 48.5 Å². The second-order valence-electron chi connectivity index (χ2n) is 12.2. The fourth-order valence-corrected chi connectivity index (χ4v) is 5.75. The number of carbonyl (C=O) groups excluding carboxylic acids is 5. The van der Waals surface area contributed by atoms with Crippen LogP contribution in [0.5, 0.6) is 0 Å². The number of benzene rings is 2. The molecule has 1 aliphatic carbocycles. The summed E-state index contributed by atoms with van der Waals surface area (Å²) in [7, 11) is -1.48. The highest BCUT2D eigenvalue weighted by Crippen LogP contribution is 2.44. The number of alkyl carbamates (subject to hydrolysis) is 1. The van der Waals surface area contributed by atoms with Gasteiger partial charge in [-0.2, -0.15) is 0 Å². The lowest BCUT2D eigenvalue weighted by atomic mass is 9.98. The van der Waals surface area contributed by atoms with Gasteiger partial charge >= 0.3 is 12.1 Å². The molecule has 2 unspecified atom stereocenters. The highest BCUT2D eigenvalue weighted by molar-refractivity contribution is 6.76. The standard InChI is InChI=1S/C33H46N4O7Si/c1-6-27(31(40)35-20-30(39)34-7-2)36-29(38)17-16-28(32(41)43-18-19-45(3,4)5)37-33(42)44-21-26-24-14-10-8-12-22(24)23-13-9-11-15-25(23)26/h8-15,26-28H,6-7,16-21H2,1-5H3,(H,34,39)(H,35,40)(H,36,38)(H,37,42). The Kier molecular flexibility index (Phi) is 13.1. The van der Waals surface area contributed by atoms with Crippen molar-refractivity contribution in [1.82, 2.24) is 21.3 Å². The van der Waals surface area contributed by atoms with Gasteiger partial charge in [-0.1, -0.05) is 75.1 Å². The second-order valence-corrected chi connectivity index (χ2v) is 17.9. The zero-order valence-corrected chi connectivity index (χ0v) is 27.9. The SMILES string of the molecule is CCNC(=O)CNC(=O)C(CC)NC(=O)CCC(NC(=O)OCC1c2ccccc2-c2ccccc21)C(=O)OCC[Si](C)(C)C. The minimum Gasteiger partial charge on any atom is -0.464 e. The topological polar surface area (TPSA) is 152 Å². The fourth-order valence-electron chi connectivity index (χ4n) is 5.03. The van der Waals surface area contributed by atoms with Gasteiger partial charge in [-0.3, -0.25) is 14.4 Å². The van der Waals surface area contributed by atoms with Crippen molar-refractivity contribution in [3.05, 3.63) is 59.7 Å². The summed E-state index contributed by atoms with van der Waals surface area (Å²) in [6.45, 7) is 10.5. The van der Waals surface area contributed by atoms with Crippen molar-refractivity contribution in [1.29, 1.82) is 0 Å². The van der Waals surface area contributed by atoms with Crippen molar-refractivity contribution in [2.75, 3.05) is 26.3 Å². The Balaban J connectivity index is 1.60. The van der Waals surface area contributed by atoms with E-state index in [0.717, 1.165) is 28.3 Å². The van der Waals surface area contributed by atoms with E-state index in [0.29, 0.717) is 13.0 Å². The molecule has 0 saturated carbocycles. The molecule has 0 heterocycles. The highest BCUT2D eigenvalue weighted by Gasteiger charge is 2.31. The Morgan fingerprint density at radius 2 is 1.42 bits per heavy atom. The van der Waals surface area contributed by atoms with Gasteiger partial charge in [0, 0.05) is 27.0 Å². The van der Waals surface area contributed by atoms with Crippen LogP contribution in [0.25, 0.3) is 11.1 Å². The maximum Gasteiger partial charge on any atom is 0.407 e. The molecule has 4 amide bonds. The van der Waals surface area contributed by atoms with Crippen LogP contribution in [0.2, 0.25) is 25.7 Å². The first-order valence-corrected chi connectivity index (χ1v) is 19.3. The van der Waals surface area contributed by atoms with Crippen LogP contribution < -0.4 is 21.3 Å². The van der Waals surface area contributed by atoms with E-state index in [2.05, 4.69) is 40.9 Å². The summed E-state index contributed by atoms with van der Waals surface area (Å²) in [5.74, 6) is -2.11. The molecule has 2 atom stereocenters. The van der Waals surface area contributed by atoms with Crippen LogP contribution in [0.15, 0.2) is 48.5 Å². The molecule has 0 aromatic heterocycles. The Morgan fingerprint density at radius 3 is 2.00 bits per heavy atom. The Morgan fingerprint density at radius 1 is 0.800 bits per heavy atom. The highest BCUT2D eigenvalue weighted by atomic mass is 28.3. The molecule has 2 aromatic rings. The van der Waals surface area contributed by atoms with E-state index in [4.69, 9.17) is 9.47 Å². The summed E-state index contributed by atoms with van der Waals surface area (Å²) >= 11 is 0. The molecule has 11 nitrogen and oxygen atoms in total. The monoisotopic (exact) mass is 638 g/mol. The number of ether oxygens (including phenoxy) is 2. The van der Waals surface area contributed by atoms with Crippen LogP contribution in [0.1, 0.15) is 50.2 Å². The smallest absolute Gasteiger partial charge is 0.407 e. The first-order chi connectivity index (χ1) is 21.4. The van der Waals surface area contributed by atoms with Crippen LogP contribution >= 0.6 is 0 Å². The maximum absolute atomic E-state index is 13.0. The summed E-state index contributed by atoms with van der Waals surface area (Å²) in [5.41, 5.74) is 4.32. The van der Waals surface area contributed by atoms with Crippen molar-refractivity contribution in [2.45, 2.75) is 76.8 Å². The minimum absolute atomic E-state index is 0.0568. The maximum atomic E-state index is 13.0. The Labute approximate surface area is 266 Å². The Hall–Kier alpha value is -4.19. The summed E-state index contributed by atoms with van der Waals surface area (Å²) in [4.78, 5) is 63.0. The molecule has 0 saturated heterocycles. The lowest BCUT2D eigenvalue weighted by molar-refractivity contribution is -0.145. The lowest BCUT2D eigenvalue weighted by Crippen LogP contribution is -2.49. The molecule has 2 aromatic carbocycles. The molecule has 0 aliphatic heterocycles. The fraction of sp³-hybridized carbons (Fsp3) is 0.485. The molecule has 12 heteroatoms. The molecule has 1 aliphatic rings. The third kappa shape index (κ3) is 10.7. The normalized spacial score (nSPS) is 13.4. The summed E-state index contributed by atoms with van der Waals surface area (Å²) in [6.07, 6.45) is -0.704. The molecule has 0 fully saturated rings. The number of rotatable bonds is 16. The van der Waals surface area contributed by atoms with Gasteiger partial charge in [-0.15, -0.1) is 0 Å². The lowest BCUT2D eigenvalue weighted by Gasteiger charge is -2.21. The summed E-state index contributed by atoms with van der Waals surface area (Å²) < 4.78 is 11.1. The largest absolute Gasteiger partial charge is 0.464 e. The van der Waals surface area contributed by atoms with Gasteiger partial charge < -0.3 is 30.7 Å². The molecular weight excluding hydrogens is 592 g/mol. The van der Waals surface area contributed by atoms with Gasteiger partial charge in [0.2, 0.25) is 17.7 Å². The third-order valence-electron chi connectivity index (χ3n) is 7.53. The van der Waals surface area contributed by atoms with Crippen molar-refractivity contribution >= 4 is 37.9 Å². The van der Waals surface area contributed by atoms with Crippen LogP contribution in [0, 0.1) is 0 Å². The van der Waals surface area contributed by atoms with Gasteiger partial charge in [0.15, 0.2) is 0 Å². The number of fused-ring (bicyclic) bond motifs is 3. The second kappa shape index (κ2) is 16.8. The third-order valence-corrected chi connectivity index (χ3v) is 9.24. The van der Waals surface area contributed by atoms with Crippen LogP contribution in [-0.2, 0) is 28.7 Å². The van der Waals surface area contributed by atoms with Gasteiger partial charge in [-0.25, -0.2) is 9.59 Å². The minimum atomic E-state index is -1.48. The molecule has 45 heavy (non-hydrogen) atoms. The first-order valence-electron chi connectivity index (χ1n) is 15.5. The predicted molar refractivity (Wildman–Crippen MR) is 174 cm³/mol. The van der Waals surface area contributed by atoms with Crippen LogP contribution in [0.4, 0.5) is 4.79 Å². The van der Waals surface area contributed by atoms with Crippen molar-refractivity contribution in [3.8, 4) is 11.1 Å². The zero-order chi connectivity index (χ0) is 33.0. The quantitative estimate of drug-likeness (QED) is 0.162. The predicted octanol–water partition coefficient (Wildman–Crippen LogP) is 3.70. The van der Waals surface area contributed by atoms with E-state index < -0.39 is 44.0 Å². The van der Waals surface area contributed by atoms with Crippen LogP contribution in [-0.4, -0.2) is 76.2 Å². The van der Waals surface area contributed by atoms with E-state index in [-0.39, 0.29) is 44.4 Å². The van der Waals surface area contributed by atoms with Crippen molar-refractivity contribution in [2.24, 2.45) is 0 Å². The molecule has 4 N–H and O–H groups in total. The van der Waals surface area contributed by atoms with E-state index in [1.165, 1.54) is 0 Å². The van der Waals surface area contributed by atoms with E-state index >= 15 is 0 Å². The zero-order valence-electron chi connectivity index (χ0n) is 26.9. The van der Waals surface area contributed by atoms with Gasteiger partial charge in [0.1, 0.15) is 18.7 Å². The van der Waals surface area contributed by atoms with E-state index in [1.54, 1.807) is 13.8 Å². The molecule has 244 valence electrons. The van der Waals surface area contributed by atoms with Crippen molar-refractivity contribution < 1.29 is 33.4 Å². The molecule has 0 radical (unpaired) electrons. The number of likely N-dealkylation sites (N-methyl/N-ethyl adjacent to an activating group) is 1. The van der Waals surface area contributed by atoms with Gasteiger partial charge in [-0.05, 0) is 48.1 Å². The number of carbonyl (C=O) groups is 5. The number of esters is 1. The van der Waals surface area contributed by atoms with Gasteiger partial charge in [0.05, 0.1) is 13.2 Å².